The summed E-state index contributed by atoms with van der Waals surface area (Å²) in [5.41, 5.74) is 20.2. The molecule has 0 aliphatic carbocycles. The van der Waals surface area contributed by atoms with Crippen molar-refractivity contribution in [3.63, 3.8) is 0 Å². The first-order valence-electron chi connectivity index (χ1n) is 25.3. The lowest BCUT2D eigenvalue weighted by molar-refractivity contribution is 0.631. The number of hydrogen-bond acceptors (Lipinski definition) is 6. The minimum absolute atomic E-state index is 0.241. The third-order valence-electron chi connectivity index (χ3n) is 15.3. The second kappa shape index (κ2) is 16.6. The standard InChI is InChI=1S/C66H50N8/c1-65(2)51-25-11-15-31-57(51)71(58-32-16-12-26-52(58)65)49-39-43(37-45(41-49)61-69-55-29-19-35-67-63(55)73(61)47-21-7-5-8-22-47)44-38-46(62-70-56-30-20-36-68-64(56)74(62)48-23-9-6-10-24-48)42-50(40-44)72-59-33-17-13-27-53(59)66(3,4)54-28-14-18-34-60(54)72/h5-42H,1-4H3. The monoisotopic (exact) mass is 954 g/mol. The van der Waals surface area contributed by atoms with Gasteiger partial charge < -0.3 is 9.80 Å². The molecule has 8 aromatic carbocycles. The van der Waals surface area contributed by atoms with E-state index in [1.165, 1.54) is 22.3 Å². The number of fused-ring (bicyclic) bond motifs is 6. The molecule has 0 bridgehead atoms. The van der Waals surface area contributed by atoms with Crippen LogP contribution in [-0.2, 0) is 10.8 Å². The Morgan fingerprint density at radius 3 is 1.00 bits per heavy atom. The van der Waals surface area contributed by atoms with Crippen molar-refractivity contribution in [1.29, 1.82) is 0 Å². The molecular formula is C66H50N8. The minimum Gasteiger partial charge on any atom is -0.310 e. The van der Waals surface area contributed by atoms with Crippen LogP contribution in [-0.4, -0.2) is 29.1 Å². The van der Waals surface area contributed by atoms with Gasteiger partial charge in [0.05, 0.1) is 22.7 Å². The first-order valence-corrected chi connectivity index (χ1v) is 25.3. The van der Waals surface area contributed by atoms with Crippen molar-refractivity contribution < 1.29 is 0 Å². The van der Waals surface area contributed by atoms with Gasteiger partial charge in [0.15, 0.2) is 11.3 Å². The van der Waals surface area contributed by atoms with Crippen molar-refractivity contribution in [2.45, 2.75) is 38.5 Å². The van der Waals surface area contributed by atoms with Crippen LogP contribution in [0.15, 0.2) is 231 Å². The van der Waals surface area contributed by atoms with E-state index in [4.69, 9.17) is 19.9 Å². The van der Waals surface area contributed by atoms with Crippen LogP contribution in [0.4, 0.5) is 34.1 Å². The highest BCUT2D eigenvalue weighted by Crippen LogP contribution is 2.55. The lowest BCUT2D eigenvalue weighted by atomic mass is 9.73. The molecule has 2 aliphatic heterocycles. The number of hydrogen-bond donors (Lipinski definition) is 0. The molecule has 74 heavy (non-hydrogen) atoms. The number of pyridine rings is 2. The van der Waals surface area contributed by atoms with E-state index in [0.29, 0.717) is 0 Å². The summed E-state index contributed by atoms with van der Waals surface area (Å²) in [6.07, 6.45) is 3.70. The predicted molar refractivity (Wildman–Crippen MR) is 301 cm³/mol. The first kappa shape index (κ1) is 43.4. The maximum absolute atomic E-state index is 5.43. The zero-order valence-electron chi connectivity index (χ0n) is 41.5. The fourth-order valence-electron chi connectivity index (χ4n) is 11.8. The molecule has 2 aliphatic rings. The molecule has 4 aromatic heterocycles. The van der Waals surface area contributed by atoms with Crippen LogP contribution in [0.5, 0.6) is 0 Å². The van der Waals surface area contributed by atoms with Gasteiger partial charge in [-0.05, 0) is 143 Å². The molecule has 0 fully saturated rings. The zero-order chi connectivity index (χ0) is 49.7. The molecule has 0 unspecified atom stereocenters. The van der Waals surface area contributed by atoms with E-state index < -0.39 is 0 Å². The SMILES string of the molecule is CC1(C)c2ccccc2N(c2cc(-c3cc(-c4nc5cccnc5n4-c4ccccc4)cc(N4c5ccccc5C(C)(C)c5ccccc54)c3)cc(-c3nc4cccnc4n3-c3ccccc3)c2)c2ccccc21. The Bertz CT molecular complexity index is 3800. The van der Waals surface area contributed by atoms with Crippen LogP contribution in [0.2, 0.25) is 0 Å². The summed E-state index contributed by atoms with van der Waals surface area (Å²) in [6, 6.07) is 78.3. The van der Waals surface area contributed by atoms with Gasteiger partial charge in [0.2, 0.25) is 0 Å². The Balaban J connectivity index is 1.09. The van der Waals surface area contributed by atoms with Gasteiger partial charge in [-0.2, -0.15) is 0 Å². The maximum Gasteiger partial charge on any atom is 0.164 e. The molecule has 0 amide bonds. The zero-order valence-corrected chi connectivity index (χ0v) is 41.5. The van der Waals surface area contributed by atoms with Gasteiger partial charge in [-0.3, -0.25) is 9.13 Å². The number of para-hydroxylation sites is 6. The molecule has 14 rings (SSSR count). The Hall–Kier alpha value is -9.40. The minimum atomic E-state index is -0.241. The van der Waals surface area contributed by atoms with Gasteiger partial charge in [-0.1, -0.05) is 137 Å². The van der Waals surface area contributed by atoms with Crippen LogP contribution >= 0.6 is 0 Å². The summed E-state index contributed by atoms with van der Waals surface area (Å²) >= 11 is 0. The van der Waals surface area contributed by atoms with Gasteiger partial charge in [0.25, 0.3) is 0 Å². The predicted octanol–water partition coefficient (Wildman–Crippen LogP) is 16.4. The lowest BCUT2D eigenvalue weighted by Gasteiger charge is -2.42. The molecule has 0 atom stereocenters. The van der Waals surface area contributed by atoms with Gasteiger partial charge in [0, 0.05) is 57.1 Å². The highest BCUT2D eigenvalue weighted by molar-refractivity contribution is 5.94. The van der Waals surface area contributed by atoms with Crippen molar-refractivity contribution in [3.05, 3.63) is 253 Å². The molecule has 0 N–H and O–H groups in total. The van der Waals surface area contributed by atoms with Gasteiger partial charge in [-0.25, -0.2) is 19.9 Å². The van der Waals surface area contributed by atoms with E-state index in [2.05, 4.69) is 229 Å². The molecule has 354 valence electrons. The summed E-state index contributed by atoms with van der Waals surface area (Å²) < 4.78 is 4.39. The van der Waals surface area contributed by atoms with Crippen molar-refractivity contribution >= 4 is 56.5 Å². The summed E-state index contributed by atoms with van der Waals surface area (Å²) in [7, 11) is 0. The summed E-state index contributed by atoms with van der Waals surface area (Å²) in [5.74, 6) is 1.59. The van der Waals surface area contributed by atoms with Crippen molar-refractivity contribution in [3.8, 4) is 45.3 Å². The Morgan fingerprint density at radius 2 is 0.635 bits per heavy atom. The van der Waals surface area contributed by atoms with Crippen LogP contribution in [0.1, 0.15) is 49.9 Å². The highest BCUT2D eigenvalue weighted by Gasteiger charge is 2.39. The Labute approximate surface area is 430 Å². The molecule has 6 heterocycles. The number of benzene rings is 8. The number of imidazole rings is 2. The third-order valence-corrected chi connectivity index (χ3v) is 15.3. The summed E-state index contributed by atoms with van der Waals surface area (Å²) in [5, 5.41) is 0. The first-order chi connectivity index (χ1) is 36.2. The smallest absolute Gasteiger partial charge is 0.164 e. The molecule has 12 aromatic rings. The summed E-state index contributed by atoms with van der Waals surface area (Å²) in [4.78, 5) is 25.7. The van der Waals surface area contributed by atoms with E-state index >= 15 is 0 Å². The maximum atomic E-state index is 5.43. The molecule has 0 saturated carbocycles. The average molecular weight is 955 g/mol. The Morgan fingerprint density at radius 1 is 0.311 bits per heavy atom. The number of anilines is 6. The van der Waals surface area contributed by atoms with E-state index in [9.17, 15) is 0 Å². The average Bonchev–Trinajstić information content (AvgIpc) is 4.09. The normalized spacial score (nSPS) is 14.1. The topological polar surface area (TPSA) is 67.9 Å². The number of aromatic nitrogens is 6. The Kier molecular flexibility index (Phi) is 9.72. The largest absolute Gasteiger partial charge is 0.310 e. The fraction of sp³-hybridized carbons (Fsp3) is 0.0909. The van der Waals surface area contributed by atoms with Crippen molar-refractivity contribution in [2.24, 2.45) is 0 Å². The van der Waals surface area contributed by atoms with Gasteiger partial charge >= 0.3 is 0 Å². The fourth-order valence-corrected chi connectivity index (χ4v) is 11.8. The second-order valence-electron chi connectivity index (χ2n) is 20.4. The van der Waals surface area contributed by atoms with Crippen LogP contribution in [0.25, 0.3) is 67.6 Å². The molecule has 8 nitrogen and oxygen atoms in total. The van der Waals surface area contributed by atoms with Gasteiger partial charge in [-0.15, -0.1) is 0 Å². The van der Waals surface area contributed by atoms with Crippen LogP contribution < -0.4 is 9.80 Å². The molecule has 0 spiro atoms. The van der Waals surface area contributed by atoms with Crippen LogP contribution in [0, 0.1) is 0 Å². The van der Waals surface area contributed by atoms with E-state index in [1.807, 2.05) is 48.8 Å². The molecular weight excluding hydrogens is 905 g/mol. The second-order valence-corrected chi connectivity index (χ2v) is 20.4. The number of nitrogens with zero attached hydrogens (tertiary/aromatic N) is 8. The quantitative estimate of drug-likeness (QED) is 0.159. The third kappa shape index (κ3) is 6.68. The van der Waals surface area contributed by atoms with E-state index in [0.717, 1.165) is 102 Å². The van der Waals surface area contributed by atoms with E-state index in [1.54, 1.807) is 0 Å². The number of rotatable bonds is 7. The lowest BCUT2D eigenvalue weighted by Crippen LogP contribution is -2.30. The molecule has 8 heteroatoms. The molecule has 0 radical (unpaired) electrons. The van der Waals surface area contributed by atoms with E-state index in [-0.39, 0.29) is 10.8 Å². The molecule has 0 saturated heterocycles. The highest BCUT2D eigenvalue weighted by atomic mass is 15.2. The van der Waals surface area contributed by atoms with Crippen molar-refractivity contribution in [1.82, 2.24) is 29.1 Å². The van der Waals surface area contributed by atoms with Crippen LogP contribution in [0.3, 0.4) is 0 Å². The summed E-state index contributed by atoms with van der Waals surface area (Å²) in [6.45, 7) is 9.34. The van der Waals surface area contributed by atoms with Crippen molar-refractivity contribution in [2.75, 3.05) is 9.80 Å². The van der Waals surface area contributed by atoms with Gasteiger partial charge in [0.1, 0.15) is 22.7 Å².